The molecule has 1 fully saturated rings. The predicted octanol–water partition coefficient (Wildman–Crippen LogP) is 2.01. The van der Waals surface area contributed by atoms with Gasteiger partial charge >= 0.3 is 6.03 Å². The van der Waals surface area contributed by atoms with Gasteiger partial charge < -0.3 is 16.0 Å². The number of rotatable bonds is 2. The number of primary amides is 1. The number of piperidine rings is 1. The molecule has 0 aromatic heterocycles. The molecule has 2 atom stereocenters. The highest BCUT2D eigenvalue weighted by molar-refractivity contribution is 8.57. The number of nitrogens with zero attached hydrogens (tertiary/aromatic N) is 2. The summed E-state index contributed by atoms with van der Waals surface area (Å²) < 4.78 is 0. The fourth-order valence-corrected chi connectivity index (χ4v) is 4.88. The van der Waals surface area contributed by atoms with Crippen molar-refractivity contribution in [1.29, 1.82) is 0 Å². The molecule has 0 saturated carbocycles. The second-order valence-electron chi connectivity index (χ2n) is 5.57. The van der Waals surface area contributed by atoms with Gasteiger partial charge in [-0.2, -0.15) is 4.99 Å². The van der Waals surface area contributed by atoms with Crippen molar-refractivity contribution in [2.75, 3.05) is 25.9 Å². The third kappa shape index (κ3) is 3.65. The van der Waals surface area contributed by atoms with Gasteiger partial charge in [0.15, 0.2) is 0 Å². The average molecular weight is 312 g/mol. The summed E-state index contributed by atoms with van der Waals surface area (Å²) in [6.45, 7) is 5.13. The number of carbonyl (C=O) groups excluding carboxylic acids is 2. The van der Waals surface area contributed by atoms with Gasteiger partial charge in [-0.05, 0) is 37.6 Å². The molecule has 2 aliphatic rings. The molecule has 0 aromatic carbocycles. The van der Waals surface area contributed by atoms with E-state index in [1.165, 1.54) is 0 Å². The van der Waals surface area contributed by atoms with Crippen molar-refractivity contribution >= 4 is 26.3 Å². The maximum Gasteiger partial charge on any atom is 0.339 e. The highest BCUT2D eigenvalue weighted by atomic mass is 32.3. The van der Waals surface area contributed by atoms with Crippen LogP contribution in [-0.2, 0) is 0 Å². The molecule has 118 valence electrons. The molecule has 2 unspecified atom stereocenters. The second-order valence-corrected chi connectivity index (χ2v) is 8.64. The van der Waals surface area contributed by atoms with Crippen molar-refractivity contribution in [3.05, 3.63) is 11.5 Å². The molecular formula is C14H24N4O2S. The van der Waals surface area contributed by atoms with Gasteiger partial charge in [-0.25, -0.2) is 4.79 Å². The van der Waals surface area contributed by atoms with Crippen molar-refractivity contribution in [3.8, 4) is 0 Å². The number of allylic oxidation sites excluding steroid dienone is 1. The summed E-state index contributed by atoms with van der Waals surface area (Å²) in [6.07, 6.45) is 6.41. The molecule has 2 heterocycles. The number of aliphatic imine (C=N–C) groups is 1. The molecule has 0 aromatic rings. The molecule has 21 heavy (non-hydrogen) atoms. The largest absolute Gasteiger partial charge is 0.350 e. The lowest BCUT2D eigenvalue weighted by atomic mass is 10.1. The number of amides is 3. The molecule has 0 bridgehead atoms. The Labute approximate surface area is 127 Å². The van der Waals surface area contributed by atoms with E-state index in [2.05, 4.69) is 22.1 Å². The zero-order valence-corrected chi connectivity index (χ0v) is 13.5. The number of likely N-dealkylation sites (N-methyl/N-ethyl adjacent to an activating group) is 1. The van der Waals surface area contributed by atoms with Crippen LogP contribution in [0.15, 0.2) is 16.5 Å². The smallest absolute Gasteiger partial charge is 0.339 e. The predicted molar refractivity (Wildman–Crippen MR) is 88.0 cm³/mol. The lowest BCUT2D eigenvalue weighted by Gasteiger charge is -2.35. The normalized spacial score (nSPS) is 34.6. The van der Waals surface area contributed by atoms with Gasteiger partial charge in [0.2, 0.25) is 0 Å². The first-order valence-corrected chi connectivity index (χ1v) is 9.41. The number of carbonyl (C=O) groups is 2. The van der Waals surface area contributed by atoms with Crippen molar-refractivity contribution in [2.45, 2.75) is 32.2 Å². The quantitative estimate of drug-likeness (QED) is 0.817. The van der Waals surface area contributed by atoms with Crippen molar-refractivity contribution in [1.82, 2.24) is 10.2 Å². The van der Waals surface area contributed by atoms with E-state index in [4.69, 9.17) is 5.73 Å². The Kier molecular flexibility index (Phi) is 5.05. The van der Waals surface area contributed by atoms with Gasteiger partial charge in [0.05, 0.1) is 5.04 Å². The second kappa shape index (κ2) is 6.62. The molecule has 1 saturated heterocycles. The minimum Gasteiger partial charge on any atom is -0.350 e. The van der Waals surface area contributed by atoms with Crippen molar-refractivity contribution in [2.24, 2.45) is 10.7 Å². The first-order chi connectivity index (χ1) is 9.95. The Morgan fingerprint density at radius 1 is 1.57 bits per heavy atom. The Morgan fingerprint density at radius 3 is 3.00 bits per heavy atom. The van der Waals surface area contributed by atoms with Crippen LogP contribution in [-0.4, -0.2) is 53.1 Å². The molecule has 3 N–H and O–H groups in total. The van der Waals surface area contributed by atoms with Crippen LogP contribution in [0.1, 0.15) is 26.2 Å². The van der Waals surface area contributed by atoms with Gasteiger partial charge in [0, 0.05) is 19.0 Å². The molecule has 7 heteroatoms. The zero-order valence-electron chi connectivity index (χ0n) is 12.7. The van der Waals surface area contributed by atoms with Gasteiger partial charge in [-0.15, -0.1) is 10.0 Å². The number of hydrogen-bond donors (Lipinski definition) is 2. The highest BCUT2D eigenvalue weighted by Crippen LogP contribution is 2.53. The fourth-order valence-electron chi connectivity index (χ4n) is 2.77. The molecular weight excluding hydrogens is 288 g/mol. The molecule has 2 aliphatic heterocycles. The number of likely N-dealkylation sites (tertiary alicyclic amines) is 1. The minimum absolute atomic E-state index is 0.0146. The van der Waals surface area contributed by atoms with Gasteiger partial charge in [0.25, 0.3) is 5.24 Å². The summed E-state index contributed by atoms with van der Waals surface area (Å²) in [4.78, 5) is 29.8. The summed E-state index contributed by atoms with van der Waals surface area (Å²) in [7, 11) is -1.84. The average Bonchev–Trinajstić information content (AvgIpc) is 2.81. The summed E-state index contributed by atoms with van der Waals surface area (Å²) in [5.74, 6) is 0. The maximum atomic E-state index is 12.6. The number of hydrogen-bond acceptors (Lipinski definition) is 3. The number of nitrogens with two attached hydrogens (primary N) is 1. The van der Waals surface area contributed by atoms with Crippen molar-refractivity contribution < 1.29 is 9.59 Å². The molecule has 0 spiro atoms. The number of urea groups is 1. The van der Waals surface area contributed by atoms with Crippen LogP contribution < -0.4 is 11.1 Å². The van der Waals surface area contributed by atoms with E-state index in [-0.39, 0.29) is 11.3 Å². The van der Waals surface area contributed by atoms with Crippen LogP contribution in [0.3, 0.4) is 0 Å². The Bertz CT molecular complexity index is 491. The van der Waals surface area contributed by atoms with E-state index >= 15 is 0 Å². The summed E-state index contributed by atoms with van der Waals surface area (Å²) in [5.41, 5.74) is 5.13. The van der Waals surface area contributed by atoms with E-state index in [0.29, 0.717) is 11.5 Å². The van der Waals surface area contributed by atoms with Crippen LogP contribution in [0.2, 0.25) is 0 Å². The third-order valence-electron chi connectivity index (χ3n) is 4.05. The van der Waals surface area contributed by atoms with E-state index in [1.54, 1.807) is 0 Å². The van der Waals surface area contributed by atoms with Crippen LogP contribution in [0.25, 0.3) is 0 Å². The Balaban J connectivity index is 2.05. The topological polar surface area (TPSA) is 87.8 Å². The van der Waals surface area contributed by atoms with Gasteiger partial charge in [-0.1, -0.05) is 13.0 Å². The minimum atomic E-state index is -1.84. The molecule has 0 aliphatic carbocycles. The summed E-state index contributed by atoms with van der Waals surface area (Å²) in [5, 5.41) is 5.63. The van der Waals surface area contributed by atoms with Crippen molar-refractivity contribution in [3.63, 3.8) is 0 Å². The van der Waals surface area contributed by atoms with E-state index < -0.39 is 16.1 Å². The van der Waals surface area contributed by atoms with E-state index in [9.17, 15) is 9.59 Å². The maximum absolute atomic E-state index is 12.6. The standard InChI is InChI=1S/C14H24N4O2S/c1-3-18-8-4-6-11(10-18)16-14(20)21(2)9-5-7-12(21)17-13(15)19/h5,9,11H,3-4,6-8,10H2,1-2H3,(H2,15,19)(H,16,20). The lowest BCUT2D eigenvalue weighted by molar-refractivity contribution is 0.199. The molecule has 3 amide bonds. The zero-order chi connectivity index (χ0) is 15.5. The molecule has 6 nitrogen and oxygen atoms in total. The lowest BCUT2D eigenvalue weighted by Crippen LogP contribution is -2.48. The molecule has 0 radical (unpaired) electrons. The van der Waals surface area contributed by atoms with Crippen LogP contribution in [0.5, 0.6) is 0 Å². The Morgan fingerprint density at radius 2 is 2.33 bits per heavy atom. The summed E-state index contributed by atoms with van der Waals surface area (Å²) >= 11 is 0. The monoisotopic (exact) mass is 312 g/mol. The number of nitrogens with one attached hydrogen (secondary N) is 1. The van der Waals surface area contributed by atoms with E-state index in [1.807, 2.05) is 17.7 Å². The van der Waals surface area contributed by atoms with Gasteiger partial charge in [-0.3, -0.25) is 4.79 Å². The first-order valence-electron chi connectivity index (χ1n) is 7.30. The highest BCUT2D eigenvalue weighted by Gasteiger charge is 2.35. The SMILES string of the molecule is CCN1CCCC(NC(=O)S2(C)C=CCC2=NC(N)=O)C1. The van der Waals surface area contributed by atoms with Crippen LogP contribution >= 0.6 is 10.0 Å². The summed E-state index contributed by atoms with van der Waals surface area (Å²) in [6, 6.07) is -0.547. The van der Waals surface area contributed by atoms with E-state index in [0.717, 1.165) is 32.5 Å². The van der Waals surface area contributed by atoms with Gasteiger partial charge in [0.1, 0.15) is 0 Å². The van der Waals surface area contributed by atoms with Crippen LogP contribution in [0.4, 0.5) is 9.59 Å². The first kappa shape index (κ1) is 16.0. The Hall–Kier alpha value is -1.34. The third-order valence-corrected chi connectivity index (χ3v) is 6.91. The molecule has 2 rings (SSSR count). The fraction of sp³-hybridized carbons (Fsp3) is 0.643. The van der Waals surface area contributed by atoms with Crippen LogP contribution in [0, 0.1) is 0 Å².